The van der Waals surface area contributed by atoms with E-state index in [1.54, 1.807) is 0 Å². The van der Waals surface area contributed by atoms with Crippen LogP contribution in [0.1, 0.15) is 38.8 Å². The average molecular weight is 430 g/mol. The Bertz CT molecular complexity index is 1430. The molecule has 1 aliphatic rings. The second-order valence-corrected chi connectivity index (χ2v) is 8.34. The Kier molecular flexibility index (Phi) is 5.23. The van der Waals surface area contributed by atoms with E-state index in [-0.39, 0.29) is 11.7 Å². The zero-order valence-corrected chi connectivity index (χ0v) is 18.4. The van der Waals surface area contributed by atoms with E-state index in [0.717, 1.165) is 44.5 Å². The molecule has 0 atom stereocenters. The van der Waals surface area contributed by atoms with Gasteiger partial charge in [0, 0.05) is 23.2 Å². The van der Waals surface area contributed by atoms with Crippen LogP contribution in [0.3, 0.4) is 0 Å². The Hall–Kier alpha value is -4.24. The van der Waals surface area contributed by atoms with Crippen LogP contribution in [-0.2, 0) is 6.42 Å². The van der Waals surface area contributed by atoms with Crippen molar-refractivity contribution in [2.75, 3.05) is 5.32 Å². The number of benzene rings is 4. The summed E-state index contributed by atoms with van der Waals surface area (Å²) in [5.41, 5.74) is 8.73. The van der Waals surface area contributed by atoms with E-state index in [1.807, 2.05) is 97.9 Å². The number of hydrogen-bond acceptors (Lipinski definition) is 2. The minimum Gasteiger partial charge on any atom is -0.322 e. The number of nitrogens with one attached hydrogen (secondary N) is 1. The molecule has 0 aliphatic heterocycles. The van der Waals surface area contributed by atoms with E-state index in [2.05, 4.69) is 11.9 Å². The molecule has 0 bridgehead atoms. The number of fused-ring (bicyclic) bond motifs is 3. The van der Waals surface area contributed by atoms with Crippen LogP contribution in [0, 0.1) is 0 Å². The second kappa shape index (κ2) is 8.36. The minimum absolute atomic E-state index is 0.100. The Morgan fingerprint density at radius 3 is 2.00 bits per heavy atom. The largest absolute Gasteiger partial charge is 0.322 e. The molecule has 1 aliphatic carbocycles. The van der Waals surface area contributed by atoms with Crippen molar-refractivity contribution in [3.05, 3.63) is 120 Å². The van der Waals surface area contributed by atoms with E-state index < -0.39 is 0 Å². The number of ketones is 1. The van der Waals surface area contributed by atoms with E-state index in [0.29, 0.717) is 17.7 Å². The molecule has 4 aromatic carbocycles. The van der Waals surface area contributed by atoms with Gasteiger partial charge in [0.1, 0.15) is 0 Å². The highest BCUT2D eigenvalue weighted by molar-refractivity contribution is 6.10. The van der Waals surface area contributed by atoms with Gasteiger partial charge >= 0.3 is 0 Å². The third-order valence-corrected chi connectivity index (χ3v) is 6.08. The summed E-state index contributed by atoms with van der Waals surface area (Å²) in [7, 11) is 0. The van der Waals surface area contributed by atoms with Crippen molar-refractivity contribution in [2.45, 2.75) is 13.3 Å². The zero-order valence-electron chi connectivity index (χ0n) is 18.4. The van der Waals surface area contributed by atoms with Gasteiger partial charge in [-0.05, 0) is 58.5 Å². The number of allylic oxidation sites excluding steroid dienone is 1. The number of rotatable bonds is 4. The predicted molar refractivity (Wildman–Crippen MR) is 134 cm³/mol. The highest BCUT2D eigenvalue weighted by Crippen LogP contribution is 2.35. The van der Waals surface area contributed by atoms with Gasteiger partial charge in [0.05, 0.1) is 0 Å². The van der Waals surface area contributed by atoms with Gasteiger partial charge in [0.2, 0.25) is 0 Å². The SMILES string of the molecule is C=C(C)c1ccccc1-c1ccccc1C(=O)Nc1ccc2c(c1)CC(=O)c1ccccc1-2. The maximum Gasteiger partial charge on any atom is 0.256 e. The quantitative estimate of drug-likeness (QED) is 0.378. The number of carbonyl (C=O) groups excluding carboxylic acids is 2. The van der Waals surface area contributed by atoms with Crippen LogP contribution in [0.5, 0.6) is 0 Å². The van der Waals surface area contributed by atoms with Crippen molar-refractivity contribution in [1.29, 1.82) is 0 Å². The molecule has 0 heterocycles. The Morgan fingerprint density at radius 2 is 1.30 bits per heavy atom. The lowest BCUT2D eigenvalue weighted by Crippen LogP contribution is -2.15. The topological polar surface area (TPSA) is 46.2 Å². The lowest BCUT2D eigenvalue weighted by Gasteiger charge is -2.20. The first-order chi connectivity index (χ1) is 16.0. The van der Waals surface area contributed by atoms with Gasteiger partial charge in [-0.2, -0.15) is 0 Å². The van der Waals surface area contributed by atoms with E-state index in [9.17, 15) is 9.59 Å². The fourth-order valence-corrected chi connectivity index (χ4v) is 4.51. The average Bonchev–Trinajstić information content (AvgIpc) is 2.84. The van der Waals surface area contributed by atoms with Gasteiger partial charge in [0.25, 0.3) is 5.91 Å². The van der Waals surface area contributed by atoms with Crippen molar-refractivity contribution in [3.8, 4) is 22.3 Å². The summed E-state index contributed by atoms with van der Waals surface area (Å²) in [6, 6.07) is 29.0. The fraction of sp³-hybridized carbons (Fsp3) is 0.0667. The minimum atomic E-state index is -0.190. The van der Waals surface area contributed by atoms with Crippen molar-refractivity contribution < 1.29 is 9.59 Å². The Labute approximate surface area is 193 Å². The predicted octanol–water partition coefficient (Wildman–Crippen LogP) is 7.04. The molecule has 3 heteroatoms. The van der Waals surface area contributed by atoms with E-state index in [1.165, 1.54) is 0 Å². The van der Waals surface area contributed by atoms with Crippen LogP contribution in [0.25, 0.3) is 27.8 Å². The number of anilines is 1. The summed E-state index contributed by atoms with van der Waals surface area (Å²) < 4.78 is 0. The van der Waals surface area contributed by atoms with Crippen LogP contribution in [-0.4, -0.2) is 11.7 Å². The molecule has 0 saturated carbocycles. The molecule has 0 saturated heterocycles. The standard InChI is InChI=1S/C30H23NO2/c1-19(2)22-9-3-4-10-24(22)26-12-6-8-14-28(26)30(33)31-21-15-16-23-20(17-21)18-29(32)27-13-7-5-11-25(23)27/h3-17H,1,18H2,2H3,(H,31,33). The third kappa shape index (κ3) is 3.79. The first-order valence-corrected chi connectivity index (χ1v) is 10.9. The molecule has 3 nitrogen and oxygen atoms in total. The Balaban J connectivity index is 1.49. The molecular weight excluding hydrogens is 406 g/mol. The number of Topliss-reactive ketones (excluding diaryl/α,β-unsaturated/α-hetero) is 1. The van der Waals surface area contributed by atoms with Crippen molar-refractivity contribution in [2.24, 2.45) is 0 Å². The highest BCUT2D eigenvalue weighted by Gasteiger charge is 2.23. The summed E-state index contributed by atoms with van der Waals surface area (Å²) >= 11 is 0. The van der Waals surface area contributed by atoms with Gasteiger partial charge in [-0.25, -0.2) is 0 Å². The summed E-state index contributed by atoms with van der Waals surface area (Å²) in [6.45, 7) is 6.06. The molecule has 33 heavy (non-hydrogen) atoms. The lowest BCUT2D eigenvalue weighted by molar-refractivity contribution is 0.0990. The molecule has 160 valence electrons. The van der Waals surface area contributed by atoms with Crippen molar-refractivity contribution >= 4 is 23.0 Å². The number of amides is 1. The molecular formula is C30H23NO2. The van der Waals surface area contributed by atoms with Crippen molar-refractivity contribution in [3.63, 3.8) is 0 Å². The first-order valence-electron chi connectivity index (χ1n) is 10.9. The molecule has 4 aromatic rings. The molecule has 0 unspecified atom stereocenters. The van der Waals surface area contributed by atoms with E-state index >= 15 is 0 Å². The van der Waals surface area contributed by atoms with Gasteiger partial charge in [-0.3, -0.25) is 9.59 Å². The smallest absolute Gasteiger partial charge is 0.256 e. The fourth-order valence-electron chi connectivity index (χ4n) is 4.51. The summed E-state index contributed by atoms with van der Waals surface area (Å²) in [6.07, 6.45) is 0.332. The maximum absolute atomic E-state index is 13.3. The zero-order chi connectivity index (χ0) is 22.9. The normalized spacial score (nSPS) is 12.0. The molecule has 5 rings (SSSR count). The summed E-state index contributed by atoms with van der Waals surface area (Å²) in [4.78, 5) is 25.9. The molecule has 1 amide bonds. The van der Waals surface area contributed by atoms with Crippen LogP contribution >= 0.6 is 0 Å². The molecule has 0 spiro atoms. The molecule has 1 N–H and O–H groups in total. The van der Waals surface area contributed by atoms with E-state index in [4.69, 9.17) is 0 Å². The van der Waals surface area contributed by atoms with Gasteiger partial charge in [0.15, 0.2) is 5.78 Å². The highest BCUT2D eigenvalue weighted by atomic mass is 16.1. The van der Waals surface area contributed by atoms with Crippen LogP contribution < -0.4 is 5.32 Å². The van der Waals surface area contributed by atoms with Gasteiger partial charge < -0.3 is 5.32 Å². The maximum atomic E-state index is 13.3. The monoisotopic (exact) mass is 429 g/mol. The van der Waals surface area contributed by atoms with Crippen LogP contribution in [0.2, 0.25) is 0 Å². The summed E-state index contributed by atoms with van der Waals surface area (Å²) in [5.74, 6) is -0.0899. The van der Waals surface area contributed by atoms with Crippen molar-refractivity contribution in [1.82, 2.24) is 0 Å². The van der Waals surface area contributed by atoms with Gasteiger partial charge in [-0.1, -0.05) is 84.9 Å². The molecule has 0 radical (unpaired) electrons. The Morgan fingerprint density at radius 1 is 0.727 bits per heavy atom. The third-order valence-electron chi connectivity index (χ3n) is 6.08. The molecule has 0 fully saturated rings. The number of carbonyl (C=O) groups is 2. The lowest BCUT2D eigenvalue weighted by atomic mass is 9.84. The number of hydrogen-bond donors (Lipinski definition) is 1. The van der Waals surface area contributed by atoms with Gasteiger partial charge in [-0.15, -0.1) is 0 Å². The van der Waals surface area contributed by atoms with Crippen LogP contribution in [0.4, 0.5) is 5.69 Å². The van der Waals surface area contributed by atoms with Crippen LogP contribution in [0.15, 0.2) is 97.6 Å². The molecule has 0 aromatic heterocycles. The first kappa shape index (κ1) is 20.7. The second-order valence-electron chi connectivity index (χ2n) is 8.34. The summed E-state index contributed by atoms with van der Waals surface area (Å²) in [5, 5.41) is 3.03.